The van der Waals surface area contributed by atoms with Crippen LogP contribution >= 0.6 is 35.3 Å². The van der Waals surface area contributed by atoms with E-state index < -0.39 is 15.6 Å². The normalized spacial score (nSPS) is 12.4. The minimum Gasteiger partial charge on any atom is -0.357 e. The van der Waals surface area contributed by atoms with Crippen molar-refractivity contribution in [3.63, 3.8) is 0 Å². The molecule has 7 nitrogen and oxygen atoms in total. The molecule has 0 spiro atoms. The molecule has 1 aromatic heterocycles. The maximum atomic E-state index is 12.8. The van der Waals surface area contributed by atoms with Crippen molar-refractivity contribution in [2.45, 2.75) is 58.1 Å². The van der Waals surface area contributed by atoms with Crippen LogP contribution in [0.15, 0.2) is 39.5 Å². The Labute approximate surface area is 201 Å². The van der Waals surface area contributed by atoms with Gasteiger partial charge in [-0.3, -0.25) is 0 Å². The lowest BCUT2D eigenvalue weighted by Crippen LogP contribution is -2.41. The molecule has 2 N–H and O–H groups in total. The number of hydrogen-bond donors (Lipinski definition) is 2. The summed E-state index contributed by atoms with van der Waals surface area (Å²) in [6.07, 6.45) is 0. The van der Waals surface area contributed by atoms with E-state index in [0.29, 0.717) is 24.6 Å². The van der Waals surface area contributed by atoms with E-state index in [4.69, 9.17) is 0 Å². The number of aromatic nitrogens is 1. The molecule has 0 unspecified atom stereocenters. The first kappa shape index (κ1) is 26.8. The van der Waals surface area contributed by atoms with Crippen LogP contribution < -0.4 is 10.0 Å². The number of guanidine groups is 1. The van der Waals surface area contributed by atoms with Crippen molar-refractivity contribution in [1.82, 2.24) is 19.9 Å². The fourth-order valence-corrected chi connectivity index (χ4v) is 5.04. The topological polar surface area (TPSA) is 86.7 Å². The molecule has 0 aliphatic carbocycles. The van der Waals surface area contributed by atoms with Crippen molar-refractivity contribution in [2.24, 2.45) is 4.99 Å². The first-order valence-corrected chi connectivity index (χ1v) is 11.9. The molecule has 30 heavy (non-hydrogen) atoms. The van der Waals surface area contributed by atoms with Gasteiger partial charge in [0.25, 0.3) is 0 Å². The summed E-state index contributed by atoms with van der Waals surface area (Å²) in [6.45, 7) is 11.0. The maximum Gasteiger partial charge on any atom is 0.241 e. The third kappa shape index (κ3) is 8.12. The van der Waals surface area contributed by atoms with Gasteiger partial charge in [-0.1, -0.05) is 18.2 Å². The molecule has 1 aromatic carbocycles. The number of nitrogens with one attached hydrogen (secondary N) is 2. The molecule has 2 rings (SSSR count). The van der Waals surface area contributed by atoms with Crippen LogP contribution in [0.4, 0.5) is 0 Å². The van der Waals surface area contributed by atoms with Crippen molar-refractivity contribution in [3.8, 4) is 0 Å². The van der Waals surface area contributed by atoms with E-state index in [0.717, 1.165) is 10.7 Å². The lowest BCUT2D eigenvalue weighted by Gasteiger charge is -2.22. The standard InChI is InChI=1S/C20H31N5O2S2.HI/c1-7-21-19(25(6)13-17-14-28-15(2)23-17)22-12-16-10-8-9-11-18(16)29(26,27)24-20(3,4)5;/h8-11,14,24H,7,12-13H2,1-6H3,(H,21,22);1H. The Hall–Kier alpha value is -1.24. The molecule has 0 amide bonds. The van der Waals surface area contributed by atoms with Crippen molar-refractivity contribution in [1.29, 1.82) is 0 Å². The second kappa shape index (κ2) is 11.4. The van der Waals surface area contributed by atoms with Crippen LogP contribution in [0, 0.1) is 6.92 Å². The Kier molecular flexibility index (Phi) is 10.2. The second-order valence-corrected chi connectivity index (χ2v) is 10.6. The second-order valence-electron chi connectivity index (χ2n) is 7.85. The smallest absolute Gasteiger partial charge is 0.241 e. The fourth-order valence-electron chi connectivity index (χ4n) is 2.78. The minimum atomic E-state index is -3.64. The predicted molar refractivity (Wildman–Crippen MR) is 135 cm³/mol. The third-order valence-electron chi connectivity index (χ3n) is 3.86. The van der Waals surface area contributed by atoms with Gasteiger partial charge in [0.1, 0.15) is 0 Å². The van der Waals surface area contributed by atoms with Gasteiger partial charge in [-0.25, -0.2) is 23.1 Å². The van der Waals surface area contributed by atoms with Crippen LogP contribution in [0.2, 0.25) is 0 Å². The average molecular weight is 566 g/mol. The zero-order valence-corrected chi connectivity index (χ0v) is 22.4. The van der Waals surface area contributed by atoms with Crippen molar-refractivity contribution >= 4 is 51.3 Å². The number of thiazole rings is 1. The monoisotopic (exact) mass is 565 g/mol. The van der Waals surface area contributed by atoms with Crippen LogP contribution in [0.1, 0.15) is 44.0 Å². The number of sulfonamides is 1. The van der Waals surface area contributed by atoms with Crippen LogP contribution in [0.25, 0.3) is 0 Å². The molecular weight excluding hydrogens is 533 g/mol. The number of hydrogen-bond acceptors (Lipinski definition) is 5. The van der Waals surface area contributed by atoms with Crippen LogP contribution in [-0.4, -0.2) is 43.4 Å². The van der Waals surface area contributed by atoms with Crippen LogP contribution in [0.5, 0.6) is 0 Å². The largest absolute Gasteiger partial charge is 0.357 e. The van der Waals surface area contributed by atoms with Gasteiger partial charge in [0.05, 0.1) is 28.7 Å². The lowest BCUT2D eigenvalue weighted by molar-refractivity contribution is 0.470. The summed E-state index contributed by atoms with van der Waals surface area (Å²) in [5.74, 6) is 0.703. The molecule has 0 saturated heterocycles. The molecule has 0 saturated carbocycles. The molecule has 0 radical (unpaired) electrons. The van der Waals surface area contributed by atoms with E-state index >= 15 is 0 Å². The quantitative estimate of drug-likeness (QED) is 0.304. The van der Waals surface area contributed by atoms with E-state index in [1.807, 2.05) is 58.0 Å². The molecule has 0 aliphatic heterocycles. The van der Waals surface area contributed by atoms with Crippen molar-refractivity contribution < 1.29 is 8.42 Å². The number of aryl methyl sites for hydroxylation is 1. The summed E-state index contributed by atoms with van der Waals surface area (Å²) < 4.78 is 28.4. The van der Waals surface area contributed by atoms with Gasteiger partial charge in [0.15, 0.2) is 5.96 Å². The summed E-state index contributed by atoms with van der Waals surface area (Å²) in [5.41, 5.74) is 1.08. The molecular formula is C20H32IN5O2S2. The Bertz CT molecular complexity index is 952. The van der Waals surface area contributed by atoms with E-state index in [1.54, 1.807) is 29.5 Å². The zero-order chi connectivity index (χ0) is 21.7. The van der Waals surface area contributed by atoms with Crippen LogP contribution in [-0.2, 0) is 23.1 Å². The van der Waals surface area contributed by atoms with E-state index in [9.17, 15) is 8.42 Å². The van der Waals surface area contributed by atoms with Crippen molar-refractivity contribution in [2.75, 3.05) is 13.6 Å². The third-order valence-corrected chi connectivity index (χ3v) is 6.54. The van der Waals surface area contributed by atoms with Gasteiger partial charge in [0, 0.05) is 24.5 Å². The molecule has 0 bridgehead atoms. The lowest BCUT2D eigenvalue weighted by atomic mass is 10.1. The molecule has 0 aliphatic rings. The maximum absolute atomic E-state index is 12.8. The Balaban J connectivity index is 0.00000450. The highest BCUT2D eigenvalue weighted by Gasteiger charge is 2.24. The number of benzene rings is 1. The highest BCUT2D eigenvalue weighted by molar-refractivity contribution is 14.0. The first-order chi connectivity index (χ1) is 13.5. The summed E-state index contributed by atoms with van der Waals surface area (Å²) >= 11 is 1.62. The first-order valence-electron chi connectivity index (χ1n) is 9.54. The van der Waals surface area contributed by atoms with Gasteiger partial charge < -0.3 is 10.2 Å². The summed E-state index contributed by atoms with van der Waals surface area (Å²) in [7, 11) is -1.69. The number of halogens is 1. The molecule has 10 heteroatoms. The fraction of sp³-hybridized carbons (Fsp3) is 0.500. The predicted octanol–water partition coefficient (Wildman–Crippen LogP) is 3.74. The summed E-state index contributed by atoms with van der Waals surface area (Å²) in [4.78, 5) is 11.4. The highest BCUT2D eigenvalue weighted by Crippen LogP contribution is 2.19. The average Bonchev–Trinajstić information content (AvgIpc) is 3.01. The van der Waals surface area contributed by atoms with E-state index in [1.165, 1.54) is 0 Å². The molecule has 2 aromatic rings. The van der Waals surface area contributed by atoms with E-state index in [-0.39, 0.29) is 35.4 Å². The van der Waals surface area contributed by atoms with Gasteiger partial charge in [-0.2, -0.15) is 0 Å². The molecule has 0 fully saturated rings. The molecule has 1 heterocycles. The number of aliphatic imine (C=N–C) groups is 1. The Morgan fingerprint density at radius 2 is 1.93 bits per heavy atom. The van der Waals surface area contributed by atoms with Crippen LogP contribution in [0.3, 0.4) is 0 Å². The zero-order valence-electron chi connectivity index (χ0n) is 18.4. The van der Waals surface area contributed by atoms with E-state index in [2.05, 4.69) is 20.0 Å². The number of rotatable bonds is 7. The van der Waals surface area contributed by atoms with Gasteiger partial charge >= 0.3 is 0 Å². The minimum absolute atomic E-state index is 0. The van der Waals surface area contributed by atoms with Gasteiger partial charge in [-0.15, -0.1) is 35.3 Å². The summed E-state index contributed by atoms with van der Waals surface area (Å²) in [5, 5.41) is 6.33. The molecule has 0 atom stereocenters. The Morgan fingerprint density at radius 1 is 1.27 bits per heavy atom. The Morgan fingerprint density at radius 3 is 2.50 bits per heavy atom. The SMILES string of the molecule is CCNC(=NCc1ccccc1S(=O)(=O)NC(C)(C)C)N(C)Cc1csc(C)n1.I. The molecule has 168 valence electrons. The highest BCUT2D eigenvalue weighted by atomic mass is 127. The van der Waals surface area contributed by atoms with Crippen molar-refractivity contribution in [3.05, 3.63) is 45.9 Å². The van der Waals surface area contributed by atoms with Gasteiger partial charge in [-0.05, 0) is 46.2 Å². The number of nitrogens with zero attached hydrogens (tertiary/aromatic N) is 3. The van der Waals surface area contributed by atoms with Gasteiger partial charge in [0.2, 0.25) is 10.0 Å². The summed E-state index contributed by atoms with van der Waals surface area (Å²) in [6, 6.07) is 6.98.